The maximum atomic E-state index is 12.3. The third-order valence-electron chi connectivity index (χ3n) is 4.48. The number of hydrogen-bond donors (Lipinski definition) is 1. The number of ether oxygens (including phenoxy) is 1. The molecule has 1 aromatic heterocycles. The Morgan fingerprint density at radius 2 is 1.80 bits per heavy atom. The van der Waals surface area contributed by atoms with Crippen LogP contribution in [0.3, 0.4) is 0 Å². The van der Waals surface area contributed by atoms with Crippen LogP contribution in [0.4, 0.5) is 11.4 Å². The molecule has 7 heteroatoms. The van der Waals surface area contributed by atoms with Gasteiger partial charge in [0, 0.05) is 37.5 Å². The number of hydrogen-bond acceptors (Lipinski definition) is 6. The van der Waals surface area contributed by atoms with Gasteiger partial charge in [0.25, 0.3) is 5.91 Å². The summed E-state index contributed by atoms with van der Waals surface area (Å²) in [4.78, 5) is 30.5. The molecule has 1 amide bonds. The molecule has 3 rings (SSSR count). The summed E-state index contributed by atoms with van der Waals surface area (Å²) in [6, 6.07) is 17.0. The van der Waals surface area contributed by atoms with Gasteiger partial charge in [-0.3, -0.25) is 9.59 Å². The highest BCUT2D eigenvalue weighted by Gasteiger charge is 2.18. The SMILES string of the molecule is CC(OC(=O)CCc1ncc(-c2ccccc2)o1)C(=O)Nc1ccc(N(C)C)cc1. The van der Waals surface area contributed by atoms with E-state index in [0.29, 0.717) is 23.8 Å². The van der Waals surface area contributed by atoms with E-state index in [4.69, 9.17) is 9.15 Å². The first-order chi connectivity index (χ1) is 14.4. The smallest absolute Gasteiger partial charge is 0.307 e. The van der Waals surface area contributed by atoms with Crippen LogP contribution in [0.25, 0.3) is 11.3 Å². The molecule has 0 aliphatic heterocycles. The first-order valence-electron chi connectivity index (χ1n) is 9.70. The molecule has 3 aromatic rings. The van der Waals surface area contributed by atoms with Crippen molar-refractivity contribution in [2.45, 2.75) is 25.9 Å². The molecular formula is C23H25N3O4. The first-order valence-corrected chi connectivity index (χ1v) is 9.70. The van der Waals surface area contributed by atoms with Gasteiger partial charge in [-0.1, -0.05) is 30.3 Å². The van der Waals surface area contributed by atoms with Crippen LogP contribution >= 0.6 is 0 Å². The molecule has 1 unspecified atom stereocenters. The summed E-state index contributed by atoms with van der Waals surface area (Å²) in [6.07, 6.45) is 1.10. The normalized spacial score (nSPS) is 11.6. The molecular weight excluding hydrogens is 382 g/mol. The van der Waals surface area contributed by atoms with Crippen LogP contribution in [0.1, 0.15) is 19.2 Å². The van der Waals surface area contributed by atoms with Crippen molar-refractivity contribution in [3.63, 3.8) is 0 Å². The van der Waals surface area contributed by atoms with Crippen molar-refractivity contribution in [3.05, 3.63) is 66.7 Å². The molecule has 1 N–H and O–H groups in total. The Bertz CT molecular complexity index is 981. The van der Waals surface area contributed by atoms with Crippen molar-refractivity contribution in [2.75, 3.05) is 24.3 Å². The number of aromatic nitrogens is 1. The van der Waals surface area contributed by atoms with Gasteiger partial charge >= 0.3 is 5.97 Å². The second-order valence-electron chi connectivity index (χ2n) is 7.05. The number of benzene rings is 2. The summed E-state index contributed by atoms with van der Waals surface area (Å²) in [7, 11) is 3.88. The van der Waals surface area contributed by atoms with Crippen molar-refractivity contribution in [1.82, 2.24) is 4.98 Å². The molecule has 0 radical (unpaired) electrons. The highest BCUT2D eigenvalue weighted by Crippen LogP contribution is 2.20. The molecule has 156 valence electrons. The van der Waals surface area contributed by atoms with Gasteiger partial charge in [0.1, 0.15) is 0 Å². The van der Waals surface area contributed by atoms with Gasteiger partial charge in [0.05, 0.1) is 12.6 Å². The third-order valence-corrected chi connectivity index (χ3v) is 4.48. The fourth-order valence-electron chi connectivity index (χ4n) is 2.77. The Labute approximate surface area is 175 Å². The Kier molecular flexibility index (Phi) is 6.85. The summed E-state index contributed by atoms with van der Waals surface area (Å²) in [5.41, 5.74) is 2.58. The highest BCUT2D eigenvalue weighted by molar-refractivity contribution is 5.95. The van der Waals surface area contributed by atoms with Crippen molar-refractivity contribution in [3.8, 4) is 11.3 Å². The topological polar surface area (TPSA) is 84.7 Å². The van der Waals surface area contributed by atoms with Gasteiger partial charge < -0.3 is 19.4 Å². The number of carbonyl (C=O) groups is 2. The number of nitrogens with zero attached hydrogens (tertiary/aromatic N) is 2. The van der Waals surface area contributed by atoms with Crippen molar-refractivity contribution < 1.29 is 18.7 Å². The minimum atomic E-state index is -0.907. The maximum Gasteiger partial charge on any atom is 0.307 e. The number of nitrogens with one attached hydrogen (secondary N) is 1. The van der Waals surface area contributed by atoms with E-state index in [2.05, 4.69) is 10.3 Å². The standard InChI is InChI=1S/C23H25N3O4/c1-16(23(28)25-18-9-11-19(12-10-18)26(2)3)29-22(27)14-13-21-24-15-20(30-21)17-7-5-4-6-8-17/h4-12,15-16H,13-14H2,1-3H3,(H,25,28). The second kappa shape index (κ2) is 9.73. The lowest BCUT2D eigenvalue weighted by Crippen LogP contribution is -2.30. The molecule has 0 bridgehead atoms. The fourth-order valence-corrected chi connectivity index (χ4v) is 2.77. The van der Waals surface area contributed by atoms with Crippen LogP contribution in [0.2, 0.25) is 0 Å². The molecule has 0 spiro atoms. The van der Waals surface area contributed by atoms with E-state index >= 15 is 0 Å². The fraction of sp³-hybridized carbons (Fsp3) is 0.261. The summed E-state index contributed by atoms with van der Waals surface area (Å²) < 4.78 is 10.9. The lowest BCUT2D eigenvalue weighted by atomic mass is 10.2. The molecule has 30 heavy (non-hydrogen) atoms. The number of esters is 1. The average Bonchev–Trinajstić information content (AvgIpc) is 3.22. The lowest BCUT2D eigenvalue weighted by Gasteiger charge is -2.15. The Balaban J connectivity index is 1.46. The number of aryl methyl sites for hydroxylation is 1. The third kappa shape index (κ3) is 5.70. The monoisotopic (exact) mass is 407 g/mol. The van der Waals surface area contributed by atoms with E-state index in [-0.39, 0.29) is 12.3 Å². The Hall–Kier alpha value is -3.61. The predicted octanol–water partition coefficient (Wildman–Crippen LogP) is 3.91. The molecule has 0 fully saturated rings. The molecule has 1 atom stereocenters. The second-order valence-corrected chi connectivity index (χ2v) is 7.05. The minimum Gasteiger partial charge on any atom is -0.453 e. The van der Waals surface area contributed by atoms with E-state index in [1.54, 1.807) is 25.3 Å². The summed E-state index contributed by atoms with van der Waals surface area (Å²) in [6.45, 7) is 1.54. The van der Waals surface area contributed by atoms with Crippen molar-refractivity contribution in [1.29, 1.82) is 0 Å². The lowest BCUT2D eigenvalue weighted by molar-refractivity contribution is -0.153. The zero-order valence-corrected chi connectivity index (χ0v) is 17.3. The number of carbonyl (C=O) groups excluding carboxylic acids is 2. The maximum absolute atomic E-state index is 12.3. The molecule has 0 aliphatic rings. The van der Waals surface area contributed by atoms with Crippen molar-refractivity contribution in [2.24, 2.45) is 0 Å². The number of rotatable bonds is 8. The van der Waals surface area contributed by atoms with Gasteiger partial charge in [-0.15, -0.1) is 0 Å². The molecule has 7 nitrogen and oxygen atoms in total. The summed E-state index contributed by atoms with van der Waals surface area (Å²) in [5, 5.41) is 2.74. The first kappa shape index (κ1) is 21.1. The van der Waals surface area contributed by atoms with Crippen molar-refractivity contribution >= 4 is 23.3 Å². The number of anilines is 2. The molecule has 1 heterocycles. The van der Waals surface area contributed by atoms with E-state index in [1.807, 2.05) is 61.5 Å². The van der Waals surface area contributed by atoms with Gasteiger partial charge in [-0.25, -0.2) is 4.98 Å². The Morgan fingerprint density at radius 1 is 1.10 bits per heavy atom. The van der Waals surface area contributed by atoms with Crippen LogP contribution < -0.4 is 10.2 Å². The average molecular weight is 407 g/mol. The van der Waals surface area contributed by atoms with Crippen LogP contribution in [-0.4, -0.2) is 37.1 Å². The zero-order chi connectivity index (χ0) is 21.5. The highest BCUT2D eigenvalue weighted by atomic mass is 16.5. The largest absolute Gasteiger partial charge is 0.453 e. The van der Waals surface area contributed by atoms with E-state index in [1.165, 1.54) is 0 Å². The number of oxazole rings is 1. The van der Waals surface area contributed by atoms with Gasteiger partial charge in [-0.2, -0.15) is 0 Å². The van der Waals surface area contributed by atoms with Gasteiger partial charge in [0.15, 0.2) is 17.8 Å². The van der Waals surface area contributed by atoms with E-state index < -0.39 is 12.1 Å². The summed E-state index contributed by atoms with van der Waals surface area (Å²) in [5.74, 6) is 0.222. The van der Waals surface area contributed by atoms with E-state index in [9.17, 15) is 9.59 Å². The summed E-state index contributed by atoms with van der Waals surface area (Å²) >= 11 is 0. The van der Waals surface area contributed by atoms with Crippen LogP contribution in [0.15, 0.2) is 65.2 Å². The predicted molar refractivity (Wildman–Crippen MR) is 115 cm³/mol. The zero-order valence-electron chi connectivity index (χ0n) is 17.3. The van der Waals surface area contributed by atoms with Gasteiger partial charge in [-0.05, 0) is 31.2 Å². The minimum absolute atomic E-state index is 0.0733. The van der Waals surface area contributed by atoms with Crippen LogP contribution in [0, 0.1) is 0 Å². The molecule has 0 saturated carbocycles. The van der Waals surface area contributed by atoms with Crippen LogP contribution in [-0.2, 0) is 20.7 Å². The quantitative estimate of drug-likeness (QED) is 0.570. The molecule has 0 saturated heterocycles. The Morgan fingerprint density at radius 3 is 2.47 bits per heavy atom. The molecule has 0 aliphatic carbocycles. The van der Waals surface area contributed by atoms with Gasteiger partial charge in [0.2, 0.25) is 0 Å². The van der Waals surface area contributed by atoms with E-state index in [0.717, 1.165) is 11.3 Å². The number of amides is 1. The molecule has 2 aromatic carbocycles. The van der Waals surface area contributed by atoms with Crippen LogP contribution in [0.5, 0.6) is 0 Å².